The van der Waals surface area contributed by atoms with Crippen LogP contribution in [0.5, 0.6) is 5.75 Å². The second-order valence-corrected chi connectivity index (χ2v) is 5.75. The highest BCUT2D eigenvalue weighted by Crippen LogP contribution is 2.35. The summed E-state index contributed by atoms with van der Waals surface area (Å²) in [6.45, 7) is 4.05. The summed E-state index contributed by atoms with van der Waals surface area (Å²) in [5, 5.41) is 0.824. The van der Waals surface area contributed by atoms with Crippen LogP contribution < -0.4 is 4.74 Å². The maximum Gasteiger partial charge on any atom is 0.147 e. The highest BCUT2D eigenvalue weighted by atomic mass is 79.9. The normalized spacial score (nSPS) is 10.6. The van der Waals surface area contributed by atoms with Crippen LogP contribution in [0.1, 0.15) is 18.9 Å². The molecular weight excluding hydrogens is 416 g/mol. The first-order chi connectivity index (χ1) is 8.19. The minimum Gasteiger partial charge on any atom is -0.489 e. The molecule has 0 saturated carbocycles. The van der Waals surface area contributed by atoms with Crippen molar-refractivity contribution in [3.63, 3.8) is 0 Å². The van der Waals surface area contributed by atoms with Gasteiger partial charge < -0.3 is 9.47 Å². The van der Waals surface area contributed by atoms with E-state index < -0.39 is 0 Å². The Morgan fingerprint density at radius 2 is 1.71 bits per heavy atom. The highest BCUT2D eigenvalue weighted by molar-refractivity contribution is 9.11. The molecule has 17 heavy (non-hydrogen) atoms. The number of rotatable bonds is 7. The molecule has 1 aromatic rings. The van der Waals surface area contributed by atoms with E-state index in [9.17, 15) is 0 Å². The highest BCUT2D eigenvalue weighted by Gasteiger charge is 2.08. The molecule has 0 aliphatic heterocycles. The van der Waals surface area contributed by atoms with Crippen molar-refractivity contribution in [2.45, 2.75) is 18.7 Å². The number of halogens is 3. The summed E-state index contributed by atoms with van der Waals surface area (Å²) in [7, 11) is 0. The summed E-state index contributed by atoms with van der Waals surface area (Å²) in [5.74, 6) is 0.829. The summed E-state index contributed by atoms with van der Waals surface area (Å²) in [4.78, 5) is 0. The fourth-order valence-corrected chi connectivity index (χ4v) is 3.11. The first kappa shape index (κ1) is 15.5. The van der Waals surface area contributed by atoms with Gasteiger partial charge in [0, 0.05) is 11.9 Å². The predicted molar refractivity (Wildman–Crippen MR) is 81.1 cm³/mol. The van der Waals surface area contributed by atoms with Crippen molar-refractivity contribution in [1.29, 1.82) is 0 Å². The largest absolute Gasteiger partial charge is 0.489 e. The lowest BCUT2D eigenvalue weighted by atomic mass is 10.2. The Kier molecular flexibility index (Phi) is 7.75. The lowest BCUT2D eigenvalue weighted by molar-refractivity contribution is 0.100. The Morgan fingerprint density at radius 3 is 2.24 bits per heavy atom. The smallest absolute Gasteiger partial charge is 0.147 e. The SMILES string of the molecule is CCCOCCOc1c(Br)cc(CBr)cc1Br. The number of ether oxygens (including phenoxy) is 2. The molecule has 0 heterocycles. The third kappa shape index (κ3) is 5.28. The van der Waals surface area contributed by atoms with Gasteiger partial charge in [-0.15, -0.1) is 0 Å². The van der Waals surface area contributed by atoms with Gasteiger partial charge in [-0.05, 0) is 56.0 Å². The maximum atomic E-state index is 5.68. The number of benzene rings is 1. The standard InChI is InChI=1S/C12H15Br3O2/c1-2-3-16-4-5-17-12-10(14)6-9(8-13)7-11(12)15/h6-7H,2-5,8H2,1H3. The molecule has 0 radical (unpaired) electrons. The Labute approximate surface area is 127 Å². The second-order valence-electron chi connectivity index (χ2n) is 3.48. The molecule has 0 spiro atoms. The van der Waals surface area contributed by atoms with Gasteiger partial charge in [-0.25, -0.2) is 0 Å². The van der Waals surface area contributed by atoms with Crippen LogP contribution in [0.15, 0.2) is 21.1 Å². The number of hydrogen-bond donors (Lipinski definition) is 0. The maximum absolute atomic E-state index is 5.68. The molecule has 0 unspecified atom stereocenters. The summed E-state index contributed by atoms with van der Waals surface area (Å²) >= 11 is 10.4. The van der Waals surface area contributed by atoms with Gasteiger partial charge in [0.05, 0.1) is 15.6 Å². The van der Waals surface area contributed by atoms with E-state index in [1.54, 1.807) is 0 Å². The van der Waals surface area contributed by atoms with Crippen LogP contribution in [0.25, 0.3) is 0 Å². The van der Waals surface area contributed by atoms with E-state index in [1.165, 1.54) is 5.56 Å². The Morgan fingerprint density at radius 1 is 1.06 bits per heavy atom. The Hall–Kier alpha value is 0.420. The predicted octanol–water partition coefficient (Wildman–Crippen LogP) is 4.91. The molecule has 0 aliphatic rings. The lowest BCUT2D eigenvalue weighted by Gasteiger charge is -2.11. The van der Waals surface area contributed by atoms with Gasteiger partial charge in [-0.2, -0.15) is 0 Å². The van der Waals surface area contributed by atoms with E-state index in [0.29, 0.717) is 13.2 Å². The molecule has 0 fully saturated rings. The van der Waals surface area contributed by atoms with Crippen LogP contribution in [0.2, 0.25) is 0 Å². The third-order valence-electron chi connectivity index (χ3n) is 2.03. The Bertz CT molecular complexity index is 333. The molecule has 0 aromatic heterocycles. The van der Waals surface area contributed by atoms with Gasteiger partial charge in [0.15, 0.2) is 0 Å². The topological polar surface area (TPSA) is 18.5 Å². The summed E-state index contributed by atoms with van der Waals surface area (Å²) in [5.41, 5.74) is 1.19. The van der Waals surface area contributed by atoms with Crippen LogP contribution in [-0.2, 0) is 10.1 Å². The Balaban J connectivity index is 2.53. The fraction of sp³-hybridized carbons (Fsp3) is 0.500. The summed E-state index contributed by atoms with van der Waals surface area (Å²) in [6.07, 6.45) is 1.04. The van der Waals surface area contributed by atoms with Crippen molar-refractivity contribution in [3.05, 3.63) is 26.6 Å². The van der Waals surface area contributed by atoms with Crippen LogP contribution in [0.3, 0.4) is 0 Å². The minimum atomic E-state index is 0.560. The number of hydrogen-bond acceptors (Lipinski definition) is 2. The molecule has 1 aromatic carbocycles. The number of alkyl halides is 1. The van der Waals surface area contributed by atoms with Crippen molar-refractivity contribution in [3.8, 4) is 5.75 Å². The van der Waals surface area contributed by atoms with Crippen molar-refractivity contribution in [1.82, 2.24) is 0 Å². The van der Waals surface area contributed by atoms with Gasteiger partial charge in [0.1, 0.15) is 12.4 Å². The van der Waals surface area contributed by atoms with Gasteiger partial charge in [-0.3, -0.25) is 0 Å². The average Bonchev–Trinajstić information content (AvgIpc) is 2.31. The van der Waals surface area contributed by atoms with Gasteiger partial charge in [0.25, 0.3) is 0 Å². The first-order valence-corrected chi connectivity index (χ1v) is 8.14. The summed E-state index contributed by atoms with van der Waals surface area (Å²) < 4.78 is 13.0. The molecule has 0 bridgehead atoms. The van der Waals surface area contributed by atoms with Gasteiger partial charge in [-0.1, -0.05) is 22.9 Å². The molecule has 2 nitrogen and oxygen atoms in total. The summed E-state index contributed by atoms with van der Waals surface area (Å²) in [6, 6.07) is 4.09. The van der Waals surface area contributed by atoms with Crippen LogP contribution >= 0.6 is 47.8 Å². The van der Waals surface area contributed by atoms with E-state index in [0.717, 1.165) is 33.1 Å². The third-order valence-corrected chi connectivity index (χ3v) is 3.86. The van der Waals surface area contributed by atoms with E-state index in [-0.39, 0.29) is 0 Å². The van der Waals surface area contributed by atoms with Crippen molar-refractivity contribution >= 4 is 47.8 Å². The molecule has 96 valence electrons. The molecular formula is C12H15Br3O2. The molecule has 0 aliphatic carbocycles. The van der Waals surface area contributed by atoms with Crippen LogP contribution in [0.4, 0.5) is 0 Å². The molecule has 0 saturated heterocycles. The van der Waals surface area contributed by atoms with E-state index >= 15 is 0 Å². The van der Waals surface area contributed by atoms with Gasteiger partial charge in [0.2, 0.25) is 0 Å². The van der Waals surface area contributed by atoms with Gasteiger partial charge >= 0.3 is 0 Å². The molecule has 0 amide bonds. The van der Waals surface area contributed by atoms with Crippen LogP contribution in [-0.4, -0.2) is 19.8 Å². The monoisotopic (exact) mass is 428 g/mol. The van der Waals surface area contributed by atoms with Crippen molar-refractivity contribution in [2.24, 2.45) is 0 Å². The first-order valence-electron chi connectivity index (χ1n) is 5.43. The quantitative estimate of drug-likeness (QED) is 0.452. The van der Waals surface area contributed by atoms with Crippen molar-refractivity contribution in [2.75, 3.05) is 19.8 Å². The second kappa shape index (κ2) is 8.51. The van der Waals surface area contributed by atoms with Crippen LogP contribution in [0, 0.1) is 0 Å². The molecule has 0 N–H and O–H groups in total. The van der Waals surface area contributed by atoms with E-state index in [2.05, 4.69) is 54.7 Å². The zero-order valence-corrected chi connectivity index (χ0v) is 14.4. The average molecular weight is 431 g/mol. The fourth-order valence-electron chi connectivity index (χ4n) is 1.28. The molecule has 1 rings (SSSR count). The lowest BCUT2D eigenvalue weighted by Crippen LogP contribution is -2.07. The minimum absolute atomic E-state index is 0.560. The van der Waals surface area contributed by atoms with Crippen molar-refractivity contribution < 1.29 is 9.47 Å². The van der Waals surface area contributed by atoms with E-state index in [4.69, 9.17) is 9.47 Å². The molecule has 5 heteroatoms. The molecule has 0 atom stereocenters. The van der Waals surface area contributed by atoms with E-state index in [1.807, 2.05) is 12.1 Å². The zero-order chi connectivity index (χ0) is 12.7. The zero-order valence-electron chi connectivity index (χ0n) is 9.64.